The maximum atomic E-state index is 5.16. The molecule has 2 heterocycles. The van der Waals surface area contributed by atoms with Gasteiger partial charge in [-0.25, -0.2) is 19.9 Å². The van der Waals surface area contributed by atoms with Crippen molar-refractivity contribution in [1.29, 1.82) is 0 Å². The van der Waals surface area contributed by atoms with Crippen molar-refractivity contribution in [1.82, 2.24) is 19.9 Å². The minimum absolute atomic E-state index is 0.191. The predicted octanol–water partition coefficient (Wildman–Crippen LogP) is 13.9. The standard InChI is InChI=1S/C55H40N4/c1-37-15-11-12-22-45(37)53-36-52(42-20-9-4-10-21-42)58-55(59-53)44-33-29-39(30-34-44)47-24-14-25-48-46(23-13-26-49(47)48)38-27-31-43(32-28-38)54-56-50(40-16-5-2-6-17-40)35-51(57-54)41-18-7-3-8-19-41/h2-37,45H,1H3. The molecule has 2 aromatic heterocycles. The van der Waals surface area contributed by atoms with E-state index in [1.165, 1.54) is 21.9 Å². The average Bonchev–Trinajstić information content (AvgIpc) is 3.32. The smallest absolute Gasteiger partial charge is 0.160 e. The van der Waals surface area contributed by atoms with Crippen molar-refractivity contribution in [2.24, 2.45) is 5.92 Å². The summed E-state index contributed by atoms with van der Waals surface area (Å²) in [4.78, 5) is 20.3. The van der Waals surface area contributed by atoms with E-state index in [9.17, 15) is 0 Å². The lowest BCUT2D eigenvalue weighted by atomic mass is 9.86. The molecule has 4 heteroatoms. The Morgan fingerprint density at radius 3 is 1.20 bits per heavy atom. The SMILES string of the molecule is CC1C=CC=CC1c1cc(-c2ccccc2)nc(-c2ccc(-c3cccc4c(-c5ccc(-c6nc(-c7ccccc7)cc(-c7ccccc7)n6)cc5)cccc34)cc2)n1. The van der Waals surface area contributed by atoms with Gasteiger partial charge in [0.05, 0.1) is 22.8 Å². The summed E-state index contributed by atoms with van der Waals surface area (Å²) in [6.45, 7) is 2.25. The molecule has 2 unspecified atom stereocenters. The normalized spacial score (nSPS) is 14.7. The molecule has 0 aliphatic heterocycles. The second kappa shape index (κ2) is 15.8. The molecule has 0 saturated heterocycles. The van der Waals surface area contributed by atoms with Gasteiger partial charge in [0.25, 0.3) is 0 Å². The van der Waals surface area contributed by atoms with Crippen molar-refractivity contribution in [2.75, 3.05) is 0 Å². The molecule has 59 heavy (non-hydrogen) atoms. The first kappa shape index (κ1) is 35.8. The van der Waals surface area contributed by atoms with Crippen LogP contribution in [0.3, 0.4) is 0 Å². The molecule has 4 nitrogen and oxygen atoms in total. The molecule has 280 valence electrons. The van der Waals surface area contributed by atoms with Gasteiger partial charge >= 0.3 is 0 Å². The van der Waals surface area contributed by atoms with Crippen LogP contribution in [0.15, 0.2) is 212 Å². The second-order valence-corrected chi connectivity index (χ2v) is 15.1. The maximum absolute atomic E-state index is 5.16. The van der Waals surface area contributed by atoms with Crippen LogP contribution in [0.5, 0.6) is 0 Å². The van der Waals surface area contributed by atoms with Crippen LogP contribution in [0.25, 0.3) is 89.6 Å². The van der Waals surface area contributed by atoms with Crippen LogP contribution >= 0.6 is 0 Å². The summed E-state index contributed by atoms with van der Waals surface area (Å²) in [5.74, 6) is 1.98. The lowest BCUT2D eigenvalue weighted by Gasteiger charge is -2.21. The summed E-state index contributed by atoms with van der Waals surface area (Å²) >= 11 is 0. The van der Waals surface area contributed by atoms with E-state index in [0.717, 1.165) is 67.5 Å². The van der Waals surface area contributed by atoms with Crippen molar-refractivity contribution < 1.29 is 0 Å². The highest BCUT2D eigenvalue weighted by atomic mass is 14.9. The molecule has 1 aliphatic rings. The van der Waals surface area contributed by atoms with Gasteiger partial charge in [-0.3, -0.25) is 0 Å². The third kappa shape index (κ3) is 7.29. The van der Waals surface area contributed by atoms with Crippen LogP contribution in [-0.2, 0) is 0 Å². The molecule has 1 aliphatic carbocycles. The van der Waals surface area contributed by atoms with Crippen LogP contribution in [0.2, 0.25) is 0 Å². The van der Waals surface area contributed by atoms with Crippen LogP contribution in [0.1, 0.15) is 18.5 Å². The minimum atomic E-state index is 0.191. The first-order valence-corrected chi connectivity index (χ1v) is 20.2. The molecule has 9 aromatic rings. The van der Waals surface area contributed by atoms with Crippen molar-refractivity contribution >= 4 is 10.8 Å². The highest BCUT2D eigenvalue weighted by Crippen LogP contribution is 2.37. The Morgan fingerprint density at radius 2 is 0.746 bits per heavy atom. The molecule has 2 atom stereocenters. The second-order valence-electron chi connectivity index (χ2n) is 15.1. The first-order chi connectivity index (χ1) is 29.1. The Labute approximate surface area is 345 Å². The monoisotopic (exact) mass is 756 g/mol. The predicted molar refractivity (Wildman–Crippen MR) is 243 cm³/mol. The number of aromatic nitrogens is 4. The van der Waals surface area contributed by atoms with Gasteiger partial charge in [0.15, 0.2) is 11.6 Å². The molecular weight excluding hydrogens is 717 g/mol. The Balaban J connectivity index is 0.977. The molecule has 0 bridgehead atoms. The van der Waals surface area contributed by atoms with Gasteiger partial charge < -0.3 is 0 Å². The topological polar surface area (TPSA) is 51.6 Å². The van der Waals surface area contributed by atoms with Crippen molar-refractivity contribution in [3.05, 3.63) is 218 Å². The van der Waals surface area contributed by atoms with Crippen LogP contribution in [0, 0.1) is 5.92 Å². The van der Waals surface area contributed by atoms with Gasteiger partial charge in [-0.2, -0.15) is 0 Å². The fraction of sp³-hybridized carbons (Fsp3) is 0.0545. The number of fused-ring (bicyclic) bond motifs is 1. The van der Waals surface area contributed by atoms with Gasteiger partial charge in [0, 0.05) is 33.7 Å². The van der Waals surface area contributed by atoms with E-state index < -0.39 is 0 Å². The fourth-order valence-corrected chi connectivity index (χ4v) is 8.11. The summed E-state index contributed by atoms with van der Waals surface area (Å²) in [6.07, 6.45) is 8.74. The number of nitrogens with zero attached hydrogens (tertiary/aromatic N) is 4. The highest BCUT2D eigenvalue weighted by molar-refractivity contribution is 6.04. The van der Waals surface area contributed by atoms with E-state index >= 15 is 0 Å². The van der Waals surface area contributed by atoms with Gasteiger partial charge in [0.2, 0.25) is 0 Å². The van der Waals surface area contributed by atoms with E-state index in [1.807, 2.05) is 42.5 Å². The van der Waals surface area contributed by atoms with E-state index in [-0.39, 0.29) is 5.92 Å². The van der Waals surface area contributed by atoms with Crippen molar-refractivity contribution in [2.45, 2.75) is 12.8 Å². The number of allylic oxidation sites excluding steroid dienone is 4. The number of rotatable bonds is 8. The van der Waals surface area contributed by atoms with E-state index in [4.69, 9.17) is 19.9 Å². The van der Waals surface area contributed by atoms with Crippen molar-refractivity contribution in [3.63, 3.8) is 0 Å². The van der Waals surface area contributed by atoms with Gasteiger partial charge in [-0.15, -0.1) is 0 Å². The number of benzene rings is 7. The van der Waals surface area contributed by atoms with Gasteiger partial charge in [-0.1, -0.05) is 207 Å². The Morgan fingerprint density at radius 1 is 0.339 bits per heavy atom. The van der Waals surface area contributed by atoms with Crippen LogP contribution in [0.4, 0.5) is 0 Å². The zero-order chi connectivity index (χ0) is 39.5. The fourth-order valence-electron chi connectivity index (χ4n) is 8.11. The number of hydrogen-bond acceptors (Lipinski definition) is 4. The third-order valence-electron chi connectivity index (χ3n) is 11.3. The highest BCUT2D eigenvalue weighted by Gasteiger charge is 2.21. The number of hydrogen-bond donors (Lipinski definition) is 0. The largest absolute Gasteiger partial charge is 0.232 e. The van der Waals surface area contributed by atoms with Gasteiger partial charge in [0.1, 0.15) is 0 Å². The molecule has 7 aromatic carbocycles. The van der Waals surface area contributed by atoms with E-state index in [1.54, 1.807) is 0 Å². The summed E-state index contributed by atoms with van der Waals surface area (Å²) < 4.78 is 0. The summed E-state index contributed by atoms with van der Waals surface area (Å²) in [6, 6.07) is 65.7. The zero-order valence-electron chi connectivity index (χ0n) is 32.7. The molecular formula is C55H40N4. The average molecular weight is 757 g/mol. The maximum Gasteiger partial charge on any atom is 0.160 e. The molecule has 10 rings (SSSR count). The summed E-state index contributed by atoms with van der Waals surface area (Å²) in [5, 5.41) is 2.40. The summed E-state index contributed by atoms with van der Waals surface area (Å²) in [5.41, 5.74) is 13.6. The summed E-state index contributed by atoms with van der Waals surface area (Å²) in [7, 11) is 0. The van der Waals surface area contributed by atoms with Crippen LogP contribution in [-0.4, -0.2) is 19.9 Å². The molecule has 0 N–H and O–H groups in total. The molecule has 0 saturated carbocycles. The third-order valence-corrected chi connectivity index (χ3v) is 11.3. The quantitative estimate of drug-likeness (QED) is 0.155. The molecule has 0 fully saturated rings. The Hall–Kier alpha value is -7.56. The lowest BCUT2D eigenvalue weighted by Crippen LogP contribution is -2.11. The van der Waals surface area contributed by atoms with E-state index in [2.05, 4.69) is 177 Å². The lowest BCUT2D eigenvalue weighted by molar-refractivity contribution is 0.619. The molecule has 0 amide bonds. The van der Waals surface area contributed by atoms with Crippen LogP contribution < -0.4 is 0 Å². The minimum Gasteiger partial charge on any atom is -0.232 e. The van der Waals surface area contributed by atoms with Crippen molar-refractivity contribution in [3.8, 4) is 78.8 Å². The Bertz CT molecular complexity index is 2920. The Kier molecular flexibility index (Phi) is 9.57. The zero-order valence-corrected chi connectivity index (χ0v) is 32.7. The molecule has 0 spiro atoms. The molecule has 0 radical (unpaired) electrons. The van der Waals surface area contributed by atoms with E-state index in [0.29, 0.717) is 11.7 Å². The first-order valence-electron chi connectivity index (χ1n) is 20.2. The van der Waals surface area contributed by atoms with Gasteiger partial charge in [-0.05, 0) is 51.1 Å².